The molecule has 0 unspecified atom stereocenters. The number of fused-ring (bicyclic) bond motifs is 1. The Balaban J connectivity index is 1.95. The molecule has 0 aliphatic carbocycles. The van der Waals surface area contributed by atoms with Crippen LogP contribution in [0.4, 0.5) is 5.69 Å². The minimum absolute atomic E-state index is 0.273. The lowest BCUT2D eigenvalue weighted by Crippen LogP contribution is -2.31. The van der Waals surface area contributed by atoms with Crippen LogP contribution in [0.15, 0.2) is 35.4 Å². The van der Waals surface area contributed by atoms with Gasteiger partial charge in [-0.05, 0) is 45.4 Å². The Kier molecular flexibility index (Phi) is 6.21. The van der Waals surface area contributed by atoms with Gasteiger partial charge in [-0.1, -0.05) is 12.1 Å². The average Bonchev–Trinajstić information content (AvgIpc) is 3.05. The number of benzene rings is 1. The average molecular weight is 429 g/mol. The van der Waals surface area contributed by atoms with Crippen molar-refractivity contribution in [2.75, 3.05) is 12.4 Å². The third kappa shape index (κ3) is 4.06. The Morgan fingerprint density at radius 3 is 2.57 bits per heavy atom. The Morgan fingerprint density at radius 2 is 1.90 bits per heavy atom. The van der Waals surface area contributed by atoms with Crippen molar-refractivity contribution in [3.63, 3.8) is 0 Å². The zero-order chi connectivity index (χ0) is 22.0. The fraction of sp³-hybridized carbons (Fsp3) is 0.333. The third-order valence-electron chi connectivity index (χ3n) is 4.57. The van der Waals surface area contributed by atoms with Crippen LogP contribution in [0.5, 0.6) is 5.75 Å². The van der Waals surface area contributed by atoms with Gasteiger partial charge in [-0.3, -0.25) is 14.2 Å². The molecule has 1 amide bonds. The predicted octanol–water partition coefficient (Wildman–Crippen LogP) is 3.54. The van der Waals surface area contributed by atoms with Crippen LogP contribution in [-0.4, -0.2) is 34.6 Å². The number of nitrogens with zero attached hydrogens (tertiary/aromatic N) is 2. The number of nitrogens with one attached hydrogen (secondary N) is 1. The van der Waals surface area contributed by atoms with E-state index in [9.17, 15) is 14.4 Å². The van der Waals surface area contributed by atoms with E-state index in [0.29, 0.717) is 32.1 Å². The summed E-state index contributed by atoms with van der Waals surface area (Å²) >= 11 is 1.11. The second-order valence-corrected chi connectivity index (χ2v) is 8.01. The standard InChI is InChI=1S/C21H23N3O5S/c1-11(2)29-21(27)17-12(3)16-19(30-17)22-10-24(20(16)26)13(4)18(25)23-14-8-6-7-9-15(14)28-5/h6-11,13H,1-5H3,(H,23,25)/t13-/m1/s1. The van der Waals surface area contributed by atoms with Crippen molar-refractivity contribution >= 4 is 39.1 Å². The quantitative estimate of drug-likeness (QED) is 0.602. The molecule has 2 heterocycles. The number of aryl methyl sites for hydroxylation is 1. The molecule has 0 saturated carbocycles. The molecule has 0 aliphatic rings. The van der Waals surface area contributed by atoms with Crippen LogP contribution in [0.2, 0.25) is 0 Å². The maximum Gasteiger partial charge on any atom is 0.348 e. The molecule has 1 aromatic carbocycles. The zero-order valence-corrected chi connectivity index (χ0v) is 18.2. The smallest absolute Gasteiger partial charge is 0.348 e. The number of carbonyl (C=O) groups is 2. The number of carbonyl (C=O) groups excluding carboxylic acids is 2. The number of methoxy groups -OCH3 is 1. The van der Waals surface area contributed by atoms with Crippen LogP contribution in [0.3, 0.4) is 0 Å². The minimum Gasteiger partial charge on any atom is -0.495 e. The number of anilines is 1. The van der Waals surface area contributed by atoms with Gasteiger partial charge in [-0.15, -0.1) is 11.3 Å². The highest BCUT2D eigenvalue weighted by atomic mass is 32.1. The lowest BCUT2D eigenvalue weighted by atomic mass is 10.2. The molecule has 0 aliphatic heterocycles. The summed E-state index contributed by atoms with van der Waals surface area (Å²) in [6.07, 6.45) is 1.05. The predicted molar refractivity (Wildman–Crippen MR) is 116 cm³/mol. The molecule has 3 rings (SSSR count). The molecule has 9 heteroatoms. The monoisotopic (exact) mass is 429 g/mol. The van der Waals surface area contributed by atoms with Gasteiger partial charge in [0.2, 0.25) is 5.91 Å². The molecule has 0 saturated heterocycles. The molecule has 158 valence electrons. The van der Waals surface area contributed by atoms with Gasteiger partial charge in [-0.25, -0.2) is 9.78 Å². The summed E-state index contributed by atoms with van der Waals surface area (Å²) in [7, 11) is 1.51. The highest BCUT2D eigenvalue weighted by Gasteiger charge is 2.24. The van der Waals surface area contributed by atoms with E-state index in [1.165, 1.54) is 18.0 Å². The first-order valence-electron chi connectivity index (χ1n) is 9.39. The highest BCUT2D eigenvalue weighted by Crippen LogP contribution is 2.28. The van der Waals surface area contributed by atoms with E-state index in [1.807, 2.05) is 0 Å². The molecule has 0 radical (unpaired) electrons. The largest absolute Gasteiger partial charge is 0.495 e. The fourth-order valence-corrected chi connectivity index (χ4v) is 4.01. The fourth-order valence-electron chi connectivity index (χ4n) is 2.99. The van der Waals surface area contributed by atoms with E-state index < -0.39 is 17.9 Å². The van der Waals surface area contributed by atoms with Crippen molar-refractivity contribution in [1.82, 2.24) is 9.55 Å². The Hall–Kier alpha value is -3.20. The number of thiophene rings is 1. The summed E-state index contributed by atoms with van der Waals surface area (Å²) < 4.78 is 11.7. The van der Waals surface area contributed by atoms with Gasteiger partial charge in [0.15, 0.2) is 0 Å². The molecule has 30 heavy (non-hydrogen) atoms. The van der Waals surface area contributed by atoms with E-state index >= 15 is 0 Å². The van der Waals surface area contributed by atoms with Gasteiger partial charge in [0.1, 0.15) is 21.5 Å². The minimum atomic E-state index is -0.829. The molecule has 1 N–H and O–H groups in total. The topological polar surface area (TPSA) is 99.5 Å². The number of hydrogen-bond donors (Lipinski definition) is 1. The summed E-state index contributed by atoms with van der Waals surface area (Å²) in [5.41, 5.74) is 0.620. The lowest BCUT2D eigenvalue weighted by Gasteiger charge is -2.16. The van der Waals surface area contributed by atoms with E-state index in [-0.39, 0.29) is 11.7 Å². The number of esters is 1. The van der Waals surface area contributed by atoms with Gasteiger partial charge in [0, 0.05) is 0 Å². The summed E-state index contributed by atoms with van der Waals surface area (Å²) in [5.74, 6) is -0.366. The molecule has 0 spiro atoms. The van der Waals surface area contributed by atoms with Gasteiger partial charge in [0.25, 0.3) is 5.56 Å². The molecule has 0 bridgehead atoms. The Labute approximate surface area is 177 Å². The van der Waals surface area contributed by atoms with E-state index in [4.69, 9.17) is 9.47 Å². The van der Waals surface area contributed by atoms with Crippen molar-refractivity contribution < 1.29 is 19.1 Å². The molecule has 2 aromatic heterocycles. The van der Waals surface area contributed by atoms with Crippen LogP contribution < -0.4 is 15.6 Å². The van der Waals surface area contributed by atoms with Gasteiger partial charge in [-0.2, -0.15) is 0 Å². The molecular formula is C21H23N3O5S. The van der Waals surface area contributed by atoms with Crippen molar-refractivity contribution in [3.8, 4) is 5.75 Å². The summed E-state index contributed by atoms with van der Waals surface area (Å²) in [6.45, 7) is 6.81. The van der Waals surface area contributed by atoms with Crippen LogP contribution in [0, 0.1) is 6.92 Å². The second kappa shape index (κ2) is 8.66. The first-order valence-corrected chi connectivity index (χ1v) is 10.2. The van der Waals surface area contributed by atoms with Gasteiger partial charge in [0.05, 0.1) is 30.6 Å². The van der Waals surface area contributed by atoms with Crippen LogP contribution in [-0.2, 0) is 9.53 Å². The third-order valence-corrected chi connectivity index (χ3v) is 5.75. The van der Waals surface area contributed by atoms with Crippen molar-refractivity contribution in [3.05, 3.63) is 51.4 Å². The Bertz CT molecular complexity index is 1170. The number of amides is 1. The molecule has 0 fully saturated rings. The summed E-state index contributed by atoms with van der Waals surface area (Å²) in [4.78, 5) is 43.3. The van der Waals surface area contributed by atoms with Crippen molar-refractivity contribution in [2.45, 2.75) is 39.8 Å². The molecule has 3 aromatic rings. The van der Waals surface area contributed by atoms with E-state index in [1.54, 1.807) is 52.0 Å². The van der Waals surface area contributed by atoms with Gasteiger partial charge < -0.3 is 14.8 Å². The second-order valence-electron chi connectivity index (χ2n) is 7.01. The number of rotatable bonds is 6. The summed E-state index contributed by atoms with van der Waals surface area (Å²) in [5, 5.41) is 3.09. The SMILES string of the molecule is COc1ccccc1NC(=O)[C@@H](C)n1cnc2sc(C(=O)OC(C)C)c(C)c2c1=O. The van der Waals surface area contributed by atoms with Crippen LogP contribution in [0.25, 0.3) is 10.2 Å². The van der Waals surface area contributed by atoms with Crippen LogP contribution >= 0.6 is 11.3 Å². The number of hydrogen-bond acceptors (Lipinski definition) is 7. The van der Waals surface area contributed by atoms with E-state index in [0.717, 1.165) is 11.3 Å². The normalized spacial score (nSPS) is 12.1. The number of ether oxygens (including phenoxy) is 2. The Morgan fingerprint density at radius 1 is 1.20 bits per heavy atom. The van der Waals surface area contributed by atoms with Crippen LogP contribution in [0.1, 0.15) is 42.0 Å². The summed E-state index contributed by atoms with van der Waals surface area (Å²) in [6, 6.07) is 6.18. The maximum absolute atomic E-state index is 13.1. The van der Waals surface area contributed by atoms with Crippen molar-refractivity contribution in [1.29, 1.82) is 0 Å². The first-order chi connectivity index (χ1) is 14.2. The molecular weight excluding hydrogens is 406 g/mol. The molecule has 1 atom stereocenters. The zero-order valence-electron chi connectivity index (χ0n) is 17.4. The number of para-hydroxylation sites is 2. The van der Waals surface area contributed by atoms with Gasteiger partial charge >= 0.3 is 5.97 Å². The highest BCUT2D eigenvalue weighted by molar-refractivity contribution is 7.20. The van der Waals surface area contributed by atoms with Crippen molar-refractivity contribution in [2.24, 2.45) is 0 Å². The number of aromatic nitrogens is 2. The maximum atomic E-state index is 13.1. The molecule has 8 nitrogen and oxygen atoms in total. The lowest BCUT2D eigenvalue weighted by molar-refractivity contribution is -0.118. The first kappa shape index (κ1) is 21.5. The van der Waals surface area contributed by atoms with E-state index in [2.05, 4.69) is 10.3 Å².